The Kier molecular flexibility index (Phi) is 4.60. The number of nitrogens with zero attached hydrogens (tertiary/aromatic N) is 3. The molecule has 0 aliphatic carbocycles. The first kappa shape index (κ1) is 17.3. The number of aromatic nitrogens is 2. The van der Waals surface area contributed by atoms with Gasteiger partial charge in [-0.15, -0.1) is 0 Å². The Hall–Kier alpha value is -2.10. The van der Waals surface area contributed by atoms with Gasteiger partial charge in [0.25, 0.3) is 5.19 Å². The summed E-state index contributed by atoms with van der Waals surface area (Å²) in [6, 6.07) is 7.58. The second-order valence-corrected chi connectivity index (χ2v) is 8.93. The fraction of sp³-hybridized carbons (Fsp3) is 0.294. The zero-order chi connectivity index (χ0) is 18.1. The summed E-state index contributed by atoms with van der Waals surface area (Å²) in [5, 5.41) is 0.485. The molecule has 1 saturated heterocycles. The topological polar surface area (TPSA) is 72.4 Å². The van der Waals surface area contributed by atoms with Crippen molar-refractivity contribution in [3.05, 3.63) is 48.5 Å². The number of thiazole rings is 1. The van der Waals surface area contributed by atoms with Crippen LogP contribution in [0.1, 0.15) is 12.8 Å². The molecule has 2 aromatic heterocycles. The zero-order valence-electron chi connectivity index (χ0n) is 13.7. The van der Waals surface area contributed by atoms with E-state index in [-0.39, 0.29) is 16.8 Å². The van der Waals surface area contributed by atoms with Gasteiger partial charge in [0.15, 0.2) is 0 Å². The third-order valence-electron chi connectivity index (χ3n) is 4.27. The average molecular weight is 393 g/mol. The van der Waals surface area contributed by atoms with E-state index in [1.807, 2.05) is 0 Å². The number of pyridine rings is 1. The first-order valence-electron chi connectivity index (χ1n) is 8.15. The monoisotopic (exact) mass is 393 g/mol. The molecule has 0 atom stereocenters. The number of benzene rings is 1. The summed E-state index contributed by atoms with van der Waals surface area (Å²) in [6.07, 6.45) is 3.94. The highest BCUT2D eigenvalue weighted by Gasteiger charge is 2.30. The van der Waals surface area contributed by atoms with Gasteiger partial charge in [-0.2, -0.15) is 4.31 Å². The number of hydrogen-bond donors (Lipinski definition) is 0. The predicted molar refractivity (Wildman–Crippen MR) is 96.2 cm³/mol. The largest absolute Gasteiger partial charge is 0.467 e. The molecule has 26 heavy (non-hydrogen) atoms. The Balaban J connectivity index is 1.41. The molecule has 0 unspecified atom stereocenters. The van der Waals surface area contributed by atoms with Crippen LogP contribution in [0.2, 0.25) is 0 Å². The number of sulfonamides is 1. The molecule has 1 fully saturated rings. The van der Waals surface area contributed by atoms with Crippen LogP contribution in [0.5, 0.6) is 5.19 Å². The van der Waals surface area contributed by atoms with E-state index in [4.69, 9.17) is 4.74 Å². The van der Waals surface area contributed by atoms with E-state index < -0.39 is 10.0 Å². The van der Waals surface area contributed by atoms with Crippen LogP contribution >= 0.6 is 11.3 Å². The molecule has 4 rings (SSSR count). The summed E-state index contributed by atoms with van der Waals surface area (Å²) in [5.74, 6) is -0.304. The molecule has 0 saturated carbocycles. The number of hydrogen-bond acceptors (Lipinski definition) is 6. The van der Waals surface area contributed by atoms with Crippen LogP contribution < -0.4 is 4.74 Å². The van der Waals surface area contributed by atoms with Crippen molar-refractivity contribution >= 4 is 31.6 Å². The lowest BCUT2D eigenvalue weighted by molar-refractivity contribution is 0.135. The van der Waals surface area contributed by atoms with E-state index in [0.29, 0.717) is 36.6 Å². The van der Waals surface area contributed by atoms with E-state index in [1.165, 1.54) is 34.0 Å². The third-order valence-corrected chi connectivity index (χ3v) is 7.06. The molecule has 0 amide bonds. The maximum atomic E-state index is 13.3. The minimum Gasteiger partial charge on any atom is -0.467 e. The van der Waals surface area contributed by atoms with Gasteiger partial charge in [0.1, 0.15) is 16.8 Å². The summed E-state index contributed by atoms with van der Waals surface area (Å²) >= 11 is 1.29. The molecule has 3 heterocycles. The molecule has 0 radical (unpaired) electrons. The van der Waals surface area contributed by atoms with E-state index >= 15 is 0 Å². The maximum Gasteiger partial charge on any atom is 0.274 e. The van der Waals surface area contributed by atoms with Crippen molar-refractivity contribution in [3.63, 3.8) is 0 Å². The number of halogens is 1. The van der Waals surface area contributed by atoms with Gasteiger partial charge in [0, 0.05) is 25.5 Å². The fourth-order valence-corrected chi connectivity index (χ4v) is 5.25. The molecular formula is C17H16FN3O3S2. The highest BCUT2D eigenvalue weighted by atomic mass is 32.2. The minimum absolute atomic E-state index is 0.110. The summed E-state index contributed by atoms with van der Waals surface area (Å²) in [5.41, 5.74) is 0.697. The lowest BCUT2D eigenvalue weighted by atomic mass is 10.1. The quantitative estimate of drug-likeness (QED) is 0.681. The van der Waals surface area contributed by atoms with Gasteiger partial charge in [-0.3, -0.25) is 4.98 Å². The van der Waals surface area contributed by atoms with Crippen LogP contribution in [-0.2, 0) is 10.0 Å². The van der Waals surface area contributed by atoms with Gasteiger partial charge in [-0.05, 0) is 43.2 Å². The highest BCUT2D eigenvalue weighted by molar-refractivity contribution is 7.89. The van der Waals surface area contributed by atoms with Crippen molar-refractivity contribution in [2.45, 2.75) is 23.8 Å². The Morgan fingerprint density at radius 3 is 2.77 bits per heavy atom. The van der Waals surface area contributed by atoms with Gasteiger partial charge >= 0.3 is 0 Å². The zero-order valence-corrected chi connectivity index (χ0v) is 15.3. The van der Waals surface area contributed by atoms with Crippen molar-refractivity contribution in [1.29, 1.82) is 0 Å². The van der Waals surface area contributed by atoms with Gasteiger partial charge in [0.2, 0.25) is 10.0 Å². The van der Waals surface area contributed by atoms with E-state index in [0.717, 1.165) is 4.70 Å². The Morgan fingerprint density at radius 1 is 1.23 bits per heavy atom. The fourth-order valence-electron chi connectivity index (χ4n) is 2.91. The predicted octanol–water partition coefficient (Wildman–Crippen LogP) is 3.06. The molecule has 9 heteroatoms. The molecule has 6 nitrogen and oxygen atoms in total. The summed E-state index contributed by atoms with van der Waals surface area (Å²) in [4.78, 5) is 8.43. The molecule has 136 valence electrons. The van der Waals surface area contributed by atoms with Crippen molar-refractivity contribution in [1.82, 2.24) is 14.3 Å². The van der Waals surface area contributed by atoms with Gasteiger partial charge in [-0.25, -0.2) is 17.8 Å². The average Bonchev–Trinajstić information content (AvgIpc) is 3.04. The summed E-state index contributed by atoms with van der Waals surface area (Å²) in [7, 11) is -3.52. The van der Waals surface area contributed by atoms with Crippen LogP contribution in [0, 0.1) is 5.82 Å². The standard InChI is InChI=1S/C17H16FN3O3S2/c18-12-3-4-15-16(10-12)25-17(20-15)24-13-5-8-21(9-6-13)26(22,23)14-2-1-7-19-11-14/h1-4,7,10-11,13H,5-6,8-9H2. The van der Waals surface area contributed by atoms with Crippen molar-refractivity contribution in [3.8, 4) is 5.19 Å². The molecule has 1 aliphatic heterocycles. The first-order valence-corrected chi connectivity index (χ1v) is 10.4. The maximum absolute atomic E-state index is 13.3. The molecule has 0 spiro atoms. The lowest BCUT2D eigenvalue weighted by Gasteiger charge is -2.30. The Morgan fingerprint density at radius 2 is 2.04 bits per heavy atom. The number of fused-ring (bicyclic) bond motifs is 1. The molecule has 0 bridgehead atoms. The third kappa shape index (κ3) is 3.42. The SMILES string of the molecule is O=S(=O)(c1cccnc1)N1CCC(Oc2nc3ccc(F)cc3s2)CC1. The number of piperidine rings is 1. The van der Waals surface area contributed by atoms with Crippen LogP contribution in [-0.4, -0.2) is 41.9 Å². The van der Waals surface area contributed by atoms with Crippen molar-refractivity contribution < 1.29 is 17.5 Å². The van der Waals surface area contributed by atoms with Crippen LogP contribution in [0.4, 0.5) is 4.39 Å². The van der Waals surface area contributed by atoms with Crippen molar-refractivity contribution in [2.24, 2.45) is 0 Å². The van der Waals surface area contributed by atoms with E-state index in [1.54, 1.807) is 24.4 Å². The Bertz CT molecular complexity index is 1020. The van der Waals surface area contributed by atoms with E-state index in [2.05, 4.69) is 9.97 Å². The van der Waals surface area contributed by atoms with Crippen LogP contribution in [0.25, 0.3) is 10.2 Å². The molecular weight excluding hydrogens is 377 g/mol. The lowest BCUT2D eigenvalue weighted by Crippen LogP contribution is -2.41. The molecule has 1 aromatic carbocycles. The smallest absolute Gasteiger partial charge is 0.274 e. The van der Waals surface area contributed by atoms with Crippen molar-refractivity contribution in [2.75, 3.05) is 13.1 Å². The second-order valence-electron chi connectivity index (χ2n) is 6.00. The molecule has 0 N–H and O–H groups in total. The molecule has 3 aromatic rings. The second kappa shape index (κ2) is 6.90. The normalized spacial score (nSPS) is 16.8. The van der Waals surface area contributed by atoms with Gasteiger partial charge < -0.3 is 4.74 Å². The van der Waals surface area contributed by atoms with E-state index in [9.17, 15) is 12.8 Å². The molecule has 1 aliphatic rings. The number of ether oxygens (including phenoxy) is 1. The highest BCUT2D eigenvalue weighted by Crippen LogP contribution is 2.30. The van der Waals surface area contributed by atoms with Crippen LogP contribution in [0.3, 0.4) is 0 Å². The minimum atomic E-state index is -3.52. The summed E-state index contributed by atoms with van der Waals surface area (Å²) in [6.45, 7) is 0.753. The number of rotatable bonds is 4. The first-order chi connectivity index (χ1) is 12.5. The van der Waals surface area contributed by atoms with Crippen LogP contribution in [0.15, 0.2) is 47.6 Å². The summed E-state index contributed by atoms with van der Waals surface area (Å²) < 4.78 is 46.6. The van der Waals surface area contributed by atoms with Gasteiger partial charge in [0.05, 0.1) is 10.2 Å². The van der Waals surface area contributed by atoms with Gasteiger partial charge in [-0.1, -0.05) is 11.3 Å². The Labute approximate surface area is 154 Å².